The van der Waals surface area contributed by atoms with Gasteiger partial charge < -0.3 is 9.72 Å². The van der Waals surface area contributed by atoms with E-state index in [9.17, 15) is 4.79 Å². The Morgan fingerprint density at radius 1 is 1.15 bits per heavy atom. The van der Waals surface area contributed by atoms with Crippen LogP contribution in [0.1, 0.15) is 13.8 Å². The van der Waals surface area contributed by atoms with Crippen LogP contribution in [0.15, 0.2) is 47.3 Å². The van der Waals surface area contributed by atoms with Crippen molar-refractivity contribution in [3.63, 3.8) is 0 Å². The first-order valence-electron chi connectivity index (χ1n) is 8.62. The summed E-state index contributed by atoms with van der Waals surface area (Å²) in [6.07, 6.45) is 0. The van der Waals surface area contributed by atoms with E-state index in [-0.39, 0.29) is 5.56 Å². The third-order valence-corrected chi connectivity index (χ3v) is 4.02. The first-order chi connectivity index (χ1) is 13.1. The molecule has 0 aliphatic heterocycles. The number of tetrazole rings is 1. The standard InChI is InChI=1S/C19H18N6O2/c1-11(2)10-27-16-6-4-3-5-13(16)18-20-15-8-7-12(17-22-24-25-23-17)9-14(15)19(26)21-18/h3-9,11H,10H2,1-2H3,(H,20,21,26)(H,22,23,24,25). The minimum atomic E-state index is -0.237. The van der Waals surface area contributed by atoms with Gasteiger partial charge in [-0.1, -0.05) is 26.0 Å². The number of ether oxygens (including phenoxy) is 1. The summed E-state index contributed by atoms with van der Waals surface area (Å²) in [5.41, 5.74) is 1.79. The minimum absolute atomic E-state index is 0.237. The molecule has 0 radical (unpaired) electrons. The van der Waals surface area contributed by atoms with Crippen LogP contribution in [0.25, 0.3) is 33.7 Å². The van der Waals surface area contributed by atoms with Gasteiger partial charge in [0.05, 0.1) is 23.1 Å². The van der Waals surface area contributed by atoms with Gasteiger partial charge in [0.1, 0.15) is 11.6 Å². The second-order valence-electron chi connectivity index (χ2n) is 6.58. The number of nitrogens with one attached hydrogen (secondary N) is 2. The number of hydrogen-bond acceptors (Lipinski definition) is 6. The molecule has 0 saturated heterocycles. The van der Waals surface area contributed by atoms with E-state index in [1.54, 1.807) is 12.1 Å². The fourth-order valence-corrected chi connectivity index (χ4v) is 2.73. The van der Waals surface area contributed by atoms with Crippen LogP contribution >= 0.6 is 0 Å². The van der Waals surface area contributed by atoms with Crippen LogP contribution in [0, 0.1) is 5.92 Å². The zero-order chi connectivity index (χ0) is 18.8. The fourth-order valence-electron chi connectivity index (χ4n) is 2.73. The number of rotatable bonds is 5. The van der Waals surface area contributed by atoms with Crippen molar-refractivity contribution in [1.82, 2.24) is 30.6 Å². The molecule has 8 nitrogen and oxygen atoms in total. The lowest BCUT2D eigenvalue weighted by atomic mass is 10.1. The SMILES string of the molecule is CC(C)COc1ccccc1-c1nc2ccc(-c3nn[nH]n3)cc2c(=O)[nH]1. The van der Waals surface area contributed by atoms with Crippen LogP contribution in [0.3, 0.4) is 0 Å². The van der Waals surface area contributed by atoms with Crippen LogP contribution in [-0.2, 0) is 0 Å². The lowest BCUT2D eigenvalue weighted by Gasteiger charge is -2.13. The largest absolute Gasteiger partial charge is 0.493 e. The van der Waals surface area contributed by atoms with Crippen LogP contribution in [0.2, 0.25) is 0 Å². The molecule has 0 unspecified atom stereocenters. The molecule has 0 aliphatic carbocycles. The molecule has 0 spiro atoms. The smallest absolute Gasteiger partial charge is 0.259 e. The summed E-state index contributed by atoms with van der Waals surface area (Å²) in [5.74, 6) is 1.98. The van der Waals surface area contributed by atoms with E-state index in [0.717, 1.165) is 5.56 Å². The maximum atomic E-state index is 12.7. The first kappa shape index (κ1) is 16.9. The number of aromatic nitrogens is 6. The van der Waals surface area contributed by atoms with Crippen LogP contribution in [-0.4, -0.2) is 37.2 Å². The van der Waals surface area contributed by atoms with Gasteiger partial charge in [0, 0.05) is 5.56 Å². The van der Waals surface area contributed by atoms with Crippen LogP contribution in [0.4, 0.5) is 0 Å². The summed E-state index contributed by atoms with van der Waals surface area (Å²) in [5, 5.41) is 14.3. The summed E-state index contributed by atoms with van der Waals surface area (Å²) in [6.45, 7) is 4.75. The molecule has 2 N–H and O–H groups in total. The summed E-state index contributed by atoms with van der Waals surface area (Å²) in [6, 6.07) is 12.8. The molecule has 0 fully saturated rings. The Labute approximate surface area is 154 Å². The topological polar surface area (TPSA) is 109 Å². The van der Waals surface area contributed by atoms with E-state index in [2.05, 4.69) is 44.4 Å². The zero-order valence-corrected chi connectivity index (χ0v) is 14.9. The number of hydrogen-bond donors (Lipinski definition) is 2. The molecule has 0 aliphatic rings. The summed E-state index contributed by atoms with van der Waals surface area (Å²) in [7, 11) is 0. The van der Waals surface area contributed by atoms with Crippen LogP contribution < -0.4 is 10.3 Å². The lowest BCUT2D eigenvalue weighted by Crippen LogP contribution is -2.11. The maximum Gasteiger partial charge on any atom is 0.259 e. The third-order valence-electron chi connectivity index (χ3n) is 4.02. The summed E-state index contributed by atoms with van der Waals surface area (Å²) >= 11 is 0. The average Bonchev–Trinajstić information content (AvgIpc) is 3.21. The van der Waals surface area contributed by atoms with Gasteiger partial charge in [-0.05, 0) is 41.5 Å². The van der Waals surface area contributed by atoms with Gasteiger partial charge in [-0.3, -0.25) is 4.79 Å². The minimum Gasteiger partial charge on any atom is -0.493 e. The second kappa shape index (κ2) is 6.99. The first-order valence-corrected chi connectivity index (χ1v) is 8.62. The number of aromatic amines is 2. The Hall–Kier alpha value is -3.55. The second-order valence-corrected chi connectivity index (χ2v) is 6.58. The molecular formula is C19H18N6O2. The quantitative estimate of drug-likeness (QED) is 0.565. The van der Waals surface area contributed by atoms with Gasteiger partial charge in [0.15, 0.2) is 0 Å². The molecule has 27 heavy (non-hydrogen) atoms. The van der Waals surface area contributed by atoms with Crippen molar-refractivity contribution in [2.45, 2.75) is 13.8 Å². The predicted molar refractivity (Wildman–Crippen MR) is 101 cm³/mol. The molecule has 0 bridgehead atoms. The van der Waals surface area contributed by atoms with Crippen molar-refractivity contribution in [2.24, 2.45) is 5.92 Å². The van der Waals surface area contributed by atoms with Crippen LogP contribution in [0.5, 0.6) is 5.75 Å². The van der Waals surface area contributed by atoms with Crippen molar-refractivity contribution < 1.29 is 4.74 Å². The van der Waals surface area contributed by atoms with Crippen molar-refractivity contribution in [2.75, 3.05) is 6.61 Å². The van der Waals surface area contributed by atoms with E-state index in [4.69, 9.17) is 4.74 Å². The van der Waals surface area contributed by atoms with Crippen molar-refractivity contribution in [3.8, 4) is 28.5 Å². The fraction of sp³-hybridized carbons (Fsp3) is 0.211. The average molecular weight is 362 g/mol. The van der Waals surface area contributed by atoms with Gasteiger partial charge >= 0.3 is 0 Å². The number of para-hydroxylation sites is 1. The molecule has 4 aromatic rings. The van der Waals surface area contributed by atoms with E-state index >= 15 is 0 Å². The highest BCUT2D eigenvalue weighted by Crippen LogP contribution is 2.28. The molecular weight excluding hydrogens is 344 g/mol. The lowest BCUT2D eigenvalue weighted by molar-refractivity contribution is 0.272. The Morgan fingerprint density at radius 2 is 2.00 bits per heavy atom. The highest BCUT2D eigenvalue weighted by molar-refractivity contribution is 5.84. The molecule has 0 saturated carbocycles. The molecule has 0 atom stereocenters. The van der Waals surface area contributed by atoms with Gasteiger partial charge in [-0.15, -0.1) is 10.2 Å². The summed E-state index contributed by atoms with van der Waals surface area (Å²) in [4.78, 5) is 20.1. The Balaban J connectivity index is 1.78. The molecule has 136 valence electrons. The molecule has 8 heteroatoms. The monoisotopic (exact) mass is 362 g/mol. The van der Waals surface area contributed by atoms with E-state index in [1.807, 2.05) is 30.3 Å². The normalized spacial score (nSPS) is 11.2. The highest BCUT2D eigenvalue weighted by atomic mass is 16.5. The van der Waals surface area contributed by atoms with E-state index < -0.39 is 0 Å². The summed E-state index contributed by atoms with van der Waals surface area (Å²) < 4.78 is 5.88. The van der Waals surface area contributed by atoms with Gasteiger partial charge in [-0.2, -0.15) is 5.21 Å². The Kier molecular flexibility index (Phi) is 4.37. The van der Waals surface area contributed by atoms with Gasteiger partial charge in [0.2, 0.25) is 5.82 Å². The number of fused-ring (bicyclic) bond motifs is 1. The number of nitrogens with zero attached hydrogens (tertiary/aromatic N) is 4. The number of benzene rings is 2. The third kappa shape index (κ3) is 3.41. The molecule has 2 aromatic heterocycles. The van der Waals surface area contributed by atoms with E-state index in [0.29, 0.717) is 46.4 Å². The molecule has 2 aromatic carbocycles. The van der Waals surface area contributed by atoms with E-state index in [1.165, 1.54) is 0 Å². The van der Waals surface area contributed by atoms with Crippen molar-refractivity contribution in [1.29, 1.82) is 0 Å². The maximum absolute atomic E-state index is 12.7. The zero-order valence-electron chi connectivity index (χ0n) is 14.9. The van der Waals surface area contributed by atoms with Gasteiger partial charge in [-0.25, -0.2) is 4.98 Å². The molecule has 4 rings (SSSR count). The number of H-pyrrole nitrogens is 2. The molecule has 2 heterocycles. The van der Waals surface area contributed by atoms with Crippen molar-refractivity contribution >= 4 is 10.9 Å². The Morgan fingerprint density at radius 3 is 2.78 bits per heavy atom. The predicted octanol–water partition coefficient (Wildman–Crippen LogP) is 2.80. The Bertz CT molecular complexity index is 1130. The molecule has 0 amide bonds. The van der Waals surface area contributed by atoms with Crippen molar-refractivity contribution in [3.05, 3.63) is 52.8 Å². The highest BCUT2D eigenvalue weighted by Gasteiger charge is 2.13. The van der Waals surface area contributed by atoms with Gasteiger partial charge in [0.25, 0.3) is 5.56 Å².